The molecule has 0 bridgehead atoms. The molecule has 0 saturated carbocycles. The van der Waals surface area contributed by atoms with Gasteiger partial charge in [-0.05, 0) is 37.3 Å². The largest absolute Gasteiger partial charge is 0.396 e. The molecule has 1 N–H and O–H groups in total. The summed E-state index contributed by atoms with van der Waals surface area (Å²) in [6.07, 6.45) is 7.94. The third kappa shape index (κ3) is 4.28. The quantitative estimate of drug-likeness (QED) is 0.862. The number of aliphatic hydroxyl groups excluding tert-OH is 1. The molecule has 0 aromatic heterocycles. The average molecular weight is 245 g/mol. The lowest BCUT2D eigenvalue weighted by Gasteiger charge is -2.31. The molecule has 1 aliphatic heterocycles. The van der Waals surface area contributed by atoms with E-state index in [1.54, 1.807) is 0 Å². The first-order valence-electron chi connectivity index (χ1n) is 6.93. The van der Waals surface area contributed by atoms with Crippen LogP contribution in [0.15, 0.2) is 36.4 Å². The van der Waals surface area contributed by atoms with Gasteiger partial charge < -0.3 is 10.0 Å². The summed E-state index contributed by atoms with van der Waals surface area (Å²) in [5, 5.41) is 9.19. The van der Waals surface area contributed by atoms with Crippen molar-refractivity contribution in [3.05, 3.63) is 42.0 Å². The number of hydrogen-bond acceptors (Lipinski definition) is 2. The second-order valence-electron chi connectivity index (χ2n) is 5.09. The summed E-state index contributed by atoms with van der Waals surface area (Å²) >= 11 is 0. The van der Waals surface area contributed by atoms with Gasteiger partial charge in [-0.1, -0.05) is 42.5 Å². The first kappa shape index (κ1) is 13.3. The van der Waals surface area contributed by atoms with Crippen molar-refractivity contribution in [2.24, 2.45) is 5.92 Å². The molecule has 0 spiro atoms. The summed E-state index contributed by atoms with van der Waals surface area (Å²) < 4.78 is 0. The van der Waals surface area contributed by atoms with Gasteiger partial charge in [-0.2, -0.15) is 0 Å². The molecule has 1 atom stereocenters. The molecule has 1 saturated heterocycles. The van der Waals surface area contributed by atoms with Gasteiger partial charge >= 0.3 is 0 Å². The summed E-state index contributed by atoms with van der Waals surface area (Å²) in [4.78, 5) is 2.47. The van der Waals surface area contributed by atoms with Crippen LogP contribution in [0.2, 0.25) is 0 Å². The molecule has 1 aliphatic rings. The van der Waals surface area contributed by atoms with Crippen LogP contribution in [0.5, 0.6) is 0 Å². The lowest BCUT2D eigenvalue weighted by atomic mass is 9.99. The predicted octanol–water partition coefficient (Wildman–Crippen LogP) is 2.79. The van der Waals surface area contributed by atoms with E-state index in [4.69, 9.17) is 0 Å². The summed E-state index contributed by atoms with van der Waals surface area (Å²) in [6, 6.07) is 10.4. The zero-order chi connectivity index (χ0) is 12.6. The van der Waals surface area contributed by atoms with Crippen LogP contribution >= 0.6 is 0 Å². The third-order valence-electron chi connectivity index (χ3n) is 3.58. The number of benzene rings is 1. The zero-order valence-corrected chi connectivity index (χ0v) is 11.0. The summed E-state index contributed by atoms with van der Waals surface area (Å²) in [5.74, 6) is 0.497. The van der Waals surface area contributed by atoms with E-state index in [0.717, 1.165) is 19.5 Å². The van der Waals surface area contributed by atoms with Crippen LogP contribution in [0.1, 0.15) is 24.8 Å². The highest BCUT2D eigenvalue weighted by molar-refractivity contribution is 5.48. The monoisotopic (exact) mass is 245 g/mol. The van der Waals surface area contributed by atoms with Crippen molar-refractivity contribution in [1.82, 2.24) is 4.90 Å². The number of aliphatic hydroxyl groups is 1. The molecule has 0 radical (unpaired) electrons. The van der Waals surface area contributed by atoms with Gasteiger partial charge in [0.2, 0.25) is 0 Å². The maximum Gasteiger partial charge on any atom is 0.0471 e. The average Bonchev–Trinajstić information content (AvgIpc) is 2.45. The summed E-state index contributed by atoms with van der Waals surface area (Å²) in [7, 11) is 0. The number of likely N-dealkylation sites (tertiary alicyclic amines) is 1. The van der Waals surface area contributed by atoms with E-state index in [0.29, 0.717) is 12.5 Å². The van der Waals surface area contributed by atoms with E-state index in [-0.39, 0.29) is 0 Å². The molecular weight excluding hydrogens is 222 g/mol. The molecule has 1 fully saturated rings. The van der Waals surface area contributed by atoms with Crippen molar-refractivity contribution in [2.75, 3.05) is 26.2 Å². The Morgan fingerprint density at radius 1 is 1.28 bits per heavy atom. The molecule has 0 unspecified atom stereocenters. The predicted molar refractivity (Wildman–Crippen MR) is 76.3 cm³/mol. The Hall–Kier alpha value is -1.12. The Labute approximate surface area is 110 Å². The van der Waals surface area contributed by atoms with Crippen LogP contribution in [0.4, 0.5) is 0 Å². The highest BCUT2D eigenvalue weighted by Crippen LogP contribution is 2.15. The second-order valence-corrected chi connectivity index (χ2v) is 5.09. The van der Waals surface area contributed by atoms with Gasteiger partial charge in [0.15, 0.2) is 0 Å². The highest BCUT2D eigenvalue weighted by Gasteiger charge is 2.17. The van der Waals surface area contributed by atoms with Crippen molar-refractivity contribution in [1.29, 1.82) is 0 Å². The van der Waals surface area contributed by atoms with Gasteiger partial charge in [0.1, 0.15) is 0 Å². The second kappa shape index (κ2) is 7.34. The van der Waals surface area contributed by atoms with E-state index in [2.05, 4.69) is 41.3 Å². The van der Waals surface area contributed by atoms with Crippen molar-refractivity contribution >= 4 is 6.08 Å². The SMILES string of the molecule is OC[C@@H]1CCCN(CC/C=C/c2ccccc2)C1. The molecule has 0 amide bonds. The van der Waals surface area contributed by atoms with E-state index in [1.807, 2.05) is 6.07 Å². The van der Waals surface area contributed by atoms with Gasteiger partial charge in [0, 0.05) is 19.7 Å². The molecule has 2 heteroatoms. The first-order chi connectivity index (χ1) is 8.88. The lowest BCUT2D eigenvalue weighted by Crippen LogP contribution is -2.37. The van der Waals surface area contributed by atoms with Gasteiger partial charge in [0.25, 0.3) is 0 Å². The minimum Gasteiger partial charge on any atom is -0.396 e. The van der Waals surface area contributed by atoms with Gasteiger partial charge in [-0.25, -0.2) is 0 Å². The Kier molecular flexibility index (Phi) is 5.43. The zero-order valence-electron chi connectivity index (χ0n) is 11.0. The molecule has 98 valence electrons. The normalized spacial score (nSPS) is 21.5. The summed E-state index contributed by atoms with van der Waals surface area (Å²) in [6.45, 7) is 3.71. The standard InChI is InChI=1S/C16H23NO/c18-14-16-10-6-12-17(13-16)11-5-4-9-15-7-2-1-3-8-15/h1-4,7-9,16,18H,5-6,10-14H2/b9-4+/t16-/m1/s1. The van der Waals surface area contributed by atoms with Gasteiger partial charge in [-0.3, -0.25) is 0 Å². The third-order valence-corrected chi connectivity index (χ3v) is 3.58. The molecule has 1 aromatic carbocycles. The van der Waals surface area contributed by atoms with Crippen LogP contribution < -0.4 is 0 Å². The minimum atomic E-state index is 0.344. The van der Waals surface area contributed by atoms with Crippen molar-refractivity contribution in [2.45, 2.75) is 19.3 Å². The van der Waals surface area contributed by atoms with E-state index in [1.165, 1.54) is 24.9 Å². The fraction of sp³-hybridized carbons (Fsp3) is 0.500. The van der Waals surface area contributed by atoms with Crippen molar-refractivity contribution in [3.8, 4) is 0 Å². The van der Waals surface area contributed by atoms with E-state index in [9.17, 15) is 5.11 Å². The molecule has 1 heterocycles. The highest BCUT2D eigenvalue weighted by atomic mass is 16.3. The van der Waals surface area contributed by atoms with Gasteiger partial charge in [0.05, 0.1) is 0 Å². The van der Waals surface area contributed by atoms with Crippen LogP contribution in [-0.2, 0) is 0 Å². The number of nitrogens with zero attached hydrogens (tertiary/aromatic N) is 1. The van der Waals surface area contributed by atoms with Gasteiger partial charge in [-0.15, -0.1) is 0 Å². The van der Waals surface area contributed by atoms with Crippen LogP contribution in [0.25, 0.3) is 6.08 Å². The van der Waals surface area contributed by atoms with Crippen LogP contribution in [0, 0.1) is 5.92 Å². The van der Waals surface area contributed by atoms with Crippen LogP contribution in [-0.4, -0.2) is 36.2 Å². The minimum absolute atomic E-state index is 0.344. The molecule has 18 heavy (non-hydrogen) atoms. The molecular formula is C16H23NO. The lowest BCUT2D eigenvalue weighted by molar-refractivity contribution is 0.122. The molecule has 2 rings (SSSR count). The number of piperidine rings is 1. The Bertz CT molecular complexity index is 361. The number of hydrogen-bond donors (Lipinski definition) is 1. The van der Waals surface area contributed by atoms with E-state index < -0.39 is 0 Å². The topological polar surface area (TPSA) is 23.5 Å². The van der Waals surface area contributed by atoms with Crippen molar-refractivity contribution < 1.29 is 5.11 Å². The Morgan fingerprint density at radius 3 is 2.89 bits per heavy atom. The molecule has 2 nitrogen and oxygen atoms in total. The van der Waals surface area contributed by atoms with E-state index >= 15 is 0 Å². The first-order valence-corrected chi connectivity index (χ1v) is 6.93. The maximum atomic E-state index is 9.19. The van der Waals surface area contributed by atoms with Crippen molar-refractivity contribution in [3.63, 3.8) is 0 Å². The fourth-order valence-electron chi connectivity index (χ4n) is 2.54. The maximum absolute atomic E-state index is 9.19. The summed E-state index contributed by atoms with van der Waals surface area (Å²) in [5.41, 5.74) is 1.27. The Balaban J connectivity index is 1.70. The Morgan fingerprint density at radius 2 is 2.11 bits per heavy atom. The fourth-order valence-corrected chi connectivity index (χ4v) is 2.54. The van der Waals surface area contributed by atoms with Crippen LogP contribution in [0.3, 0.4) is 0 Å². The number of rotatable bonds is 5. The molecule has 1 aromatic rings. The molecule has 0 aliphatic carbocycles. The smallest absolute Gasteiger partial charge is 0.0471 e.